The summed E-state index contributed by atoms with van der Waals surface area (Å²) in [6.45, 7) is 0. The summed E-state index contributed by atoms with van der Waals surface area (Å²) in [6, 6.07) is 16.6. The molecule has 0 amide bonds. The fourth-order valence-electron chi connectivity index (χ4n) is 3.41. The fraction of sp³-hybridized carbons (Fsp3) is 0.0909. The van der Waals surface area contributed by atoms with Crippen LogP contribution in [0.25, 0.3) is 11.3 Å². The van der Waals surface area contributed by atoms with E-state index in [-0.39, 0.29) is 5.75 Å². The van der Waals surface area contributed by atoms with Crippen LogP contribution < -0.4 is 4.74 Å². The van der Waals surface area contributed by atoms with Crippen molar-refractivity contribution in [2.75, 3.05) is 0 Å². The number of aromatic nitrogens is 1. The number of hydrogen-bond acceptors (Lipinski definition) is 4. The number of aldehydes is 1. The largest absolute Gasteiger partial charge is 0.456 e. The maximum atomic E-state index is 12.2. The van der Waals surface area contributed by atoms with Gasteiger partial charge in [-0.15, -0.1) is 0 Å². The number of allylic oxidation sites excluding steroid dienone is 1. The lowest BCUT2D eigenvalue weighted by molar-refractivity contribution is -0.108. The Labute approximate surface area is 178 Å². The van der Waals surface area contributed by atoms with E-state index in [1.807, 2.05) is 42.5 Å². The molecule has 7 heteroatoms. The highest BCUT2D eigenvalue weighted by atomic mass is 79.9. The van der Waals surface area contributed by atoms with Gasteiger partial charge in [0.25, 0.3) is 0 Å². The number of hydrogen-bond donors (Lipinski definition) is 1. The third kappa shape index (κ3) is 4.07. The molecule has 2 unspecified atom stereocenters. The lowest BCUT2D eigenvalue weighted by atomic mass is 9.84. The summed E-state index contributed by atoms with van der Waals surface area (Å²) in [5.41, 5.74) is 3.82. The average Bonchev–Trinajstić information content (AvgIpc) is 2.72. The molecule has 1 aliphatic rings. The Morgan fingerprint density at radius 1 is 1.10 bits per heavy atom. The average molecular weight is 470 g/mol. The Bertz CT molecular complexity index is 1130. The van der Waals surface area contributed by atoms with Gasteiger partial charge in [-0.05, 0) is 33.6 Å². The number of ether oxygens (including phenoxy) is 1. The summed E-state index contributed by atoms with van der Waals surface area (Å²) in [6.07, 6.45) is 4.30. The Balaban J connectivity index is 1.90. The molecule has 0 spiro atoms. The molecule has 29 heavy (non-hydrogen) atoms. The van der Waals surface area contributed by atoms with Crippen LogP contribution in [0.1, 0.15) is 28.2 Å². The van der Waals surface area contributed by atoms with Crippen LogP contribution in [0, 0.1) is 0 Å². The van der Waals surface area contributed by atoms with E-state index in [1.54, 1.807) is 24.5 Å². The highest BCUT2D eigenvalue weighted by molar-refractivity contribution is 9.10. The van der Waals surface area contributed by atoms with E-state index in [0.29, 0.717) is 11.5 Å². The smallest absolute Gasteiger partial charge is 0.157 e. The van der Waals surface area contributed by atoms with Crippen LogP contribution in [0.15, 0.2) is 71.5 Å². The summed E-state index contributed by atoms with van der Waals surface area (Å²) in [7, 11) is 0. The van der Waals surface area contributed by atoms with Crippen LogP contribution in [0.4, 0.5) is 0 Å². The van der Waals surface area contributed by atoms with Gasteiger partial charge in [0.05, 0.1) is 11.7 Å². The standard InChI is InChI=1S/C22H16BrNO4S/c23-17-9-16(10-24-11-17)21-19(12-25)18-3-1-2-4-20(18)28-22(21)15-7-5-14(6-8-15)13-29(26)27/h1-12,19H,13H2,(H,26,27). The number of benzene rings is 2. The summed E-state index contributed by atoms with van der Waals surface area (Å²) < 4.78 is 27.2. The van der Waals surface area contributed by atoms with Gasteiger partial charge >= 0.3 is 0 Å². The second-order valence-corrected chi connectivity index (χ2v) is 8.40. The summed E-state index contributed by atoms with van der Waals surface area (Å²) in [5, 5.41) is 0. The zero-order chi connectivity index (χ0) is 20.4. The second-order valence-electron chi connectivity index (χ2n) is 6.55. The molecule has 0 bridgehead atoms. The first-order valence-corrected chi connectivity index (χ1v) is 10.9. The number of halogens is 1. The van der Waals surface area contributed by atoms with E-state index < -0.39 is 17.0 Å². The predicted molar refractivity (Wildman–Crippen MR) is 116 cm³/mol. The molecule has 2 atom stereocenters. The number of rotatable bonds is 5. The second kappa shape index (κ2) is 8.41. The van der Waals surface area contributed by atoms with Crippen molar-refractivity contribution in [3.8, 4) is 5.75 Å². The molecule has 0 aliphatic carbocycles. The fourth-order valence-corrected chi connectivity index (χ4v) is 4.26. The molecule has 2 aromatic carbocycles. The van der Waals surface area contributed by atoms with Gasteiger partial charge in [0.1, 0.15) is 17.8 Å². The van der Waals surface area contributed by atoms with Crippen LogP contribution in [0.3, 0.4) is 0 Å². The molecule has 5 nitrogen and oxygen atoms in total. The molecule has 1 aliphatic heterocycles. The van der Waals surface area contributed by atoms with Crippen molar-refractivity contribution in [2.24, 2.45) is 0 Å². The van der Waals surface area contributed by atoms with Gasteiger partial charge in [-0.2, -0.15) is 0 Å². The Kier molecular flexibility index (Phi) is 5.71. The third-order valence-electron chi connectivity index (χ3n) is 4.68. The molecule has 1 aromatic heterocycles. The molecule has 0 saturated carbocycles. The number of pyridine rings is 1. The van der Waals surface area contributed by atoms with Gasteiger partial charge in [-0.3, -0.25) is 4.98 Å². The van der Waals surface area contributed by atoms with Crippen LogP contribution in [-0.4, -0.2) is 20.0 Å². The topological polar surface area (TPSA) is 76.5 Å². The number of para-hydroxylation sites is 1. The highest BCUT2D eigenvalue weighted by Gasteiger charge is 2.31. The molecule has 0 fully saturated rings. The van der Waals surface area contributed by atoms with Gasteiger partial charge in [0.2, 0.25) is 0 Å². The predicted octanol–water partition coefficient (Wildman–Crippen LogP) is 4.81. The maximum Gasteiger partial charge on any atom is 0.157 e. The molecular formula is C22H16BrNO4S. The molecule has 4 rings (SSSR count). The van der Waals surface area contributed by atoms with Gasteiger partial charge in [-0.25, -0.2) is 4.21 Å². The minimum atomic E-state index is -1.91. The van der Waals surface area contributed by atoms with Crippen molar-refractivity contribution in [3.63, 3.8) is 0 Å². The minimum Gasteiger partial charge on any atom is -0.456 e. The van der Waals surface area contributed by atoms with Crippen LogP contribution >= 0.6 is 15.9 Å². The van der Waals surface area contributed by atoms with Crippen molar-refractivity contribution in [1.29, 1.82) is 0 Å². The van der Waals surface area contributed by atoms with Crippen molar-refractivity contribution in [3.05, 3.63) is 93.7 Å². The van der Waals surface area contributed by atoms with E-state index in [4.69, 9.17) is 9.29 Å². The maximum absolute atomic E-state index is 12.2. The molecule has 2 heterocycles. The number of carbonyl (C=O) groups excluding carboxylic acids is 1. The summed E-state index contributed by atoms with van der Waals surface area (Å²) >= 11 is 1.54. The molecule has 0 radical (unpaired) electrons. The molecular weight excluding hydrogens is 454 g/mol. The van der Waals surface area contributed by atoms with E-state index in [0.717, 1.165) is 38.6 Å². The van der Waals surface area contributed by atoms with Crippen molar-refractivity contribution >= 4 is 44.6 Å². The molecule has 0 saturated heterocycles. The Morgan fingerprint density at radius 3 is 2.55 bits per heavy atom. The van der Waals surface area contributed by atoms with E-state index in [9.17, 15) is 9.00 Å². The first-order chi connectivity index (χ1) is 14.1. The van der Waals surface area contributed by atoms with Crippen LogP contribution in [0.5, 0.6) is 5.75 Å². The van der Waals surface area contributed by atoms with E-state index >= 15 is 0 Å². The van der Waals surface area contributed by atoms with Crippen molar-refractivity contribution < 1.29 is 18.3 Å². The first kappa shape index (κ1) is 19.7. The third-order valence-corrected chi connectivity index (χ3v) is 5.69. The monoisotopic (exact) mass is 469 g/mol. The lowest BCUT2D eigenvalue weighted by Gasteiger charge is -2.28. The quantitative estimate of drug-likeness (QED) is 0.428. The number of carbonyl (C=O) groups is 1. The van der Waals surface area contributed by atoms with Gasteiger partial charge < -0.3 is 14.1 Å². The number of fused-ring (bicyclic) bond motifs is 1. The van der Waals surface area contributed by atoms with Gasteiger partial charge in [-0.1, -0.05) is 42.5 Å². The van der Waals surface area contributed by atoms with Crippen LogP contribution in [-0.2, 0) is 21.6 Å². The summed E-state index contributed by atoms with van der Waals surface area (Å²) in [5.74, 6) is 0.752. The Hall–Kier alpha value is -2.61. The molecule has 146 valence electrons. The zero-order valence-corrected chi connectivity index (χ0v) is 17.5. The lowest BCUT2D eigenvalue weighted by Crippen LogP contribution is -2.16. The first-order valence-electron chi connectivity index (χ1n) is 8.80. The van der Waals surface area contributed by atoms with Gasteiger partial charge in [0, 0.05) is 39.1 Å². The van der Waals surface area contributed by atoms with Gasteiger partial charge in [0.15, 0.2) is 11.1 Å². The zero-order valence-electron chi connectivity index (χ0n) is 15.1. The SMILES string of the molecule is O=CC1C(c2cncc(Br)c2)=C(c2ccc(CS(=O)O)cc2)Oc2ccccc21. The molecule has 3 aromatic rings. The van der Waals surface area contributed by atoms with Crippen LogP contribution in [0.2, 0.25) is 0 Å². The number of nitrogens with zero attached hydrogens (tertiary/aromatic N) is 1. The van der Waals surface area contributed by atoms with Crippen molar-refractivity contribution in [1.82, 2.24) is 4.98 Å². The minimum absolute atomic E-state index is 0.0579. The normalized spacial score (nSPS) is 16.7. The van der Waals surface area contributed by atoms with Crippen molar-refractivity contribution in [2.45, 2.75) is 11.7 Å². The Morgan fingerprint density at radius 2 is 1.86 bits per heavy atom. The molecule has 1 N–H and O–H groups in total. The van der Waals surface area contributed by atoms with E-state index in [2.05, 4.69) is 20.9 Å². The summed E-state index contributed by atoms with van der Waals surface area (Å²) in [4.78, 5) is 16.4. The highest BCUT2D eigenvalue weighted by Crippen LogP contribution is 2.45. The van der Waals surface area contributed by atoms with E-state index in [1.165, 1.54) is 0 Å².